The van der Waals surface area contributed by atoms with Crippen LogP contribution in [0.25, 0.3) is 0 Å². The fourth-order valence-electron chi connectivity index (χ4n) is 3.07. The monoisotopic (exact) mass is 389 g/mol. The third kappa shape index (κ3) is 6.10. The van der Waals surface area contributed by atoms with Crippen LogP contribution < -0.4 is 16.0 Å². The molecule has 3 aromatic rings. The Bertz CT molecular complexity index is 906. The predicted octanol–water partition coefficient (Wildman–Crippen LogP) is 4.41. The van der Waals surface area contributed by atoms with Gasteiger partial charge >= 0.3 is 12.1 Å². The van der Waals surface area contributed by atoms with Gasteiger partial charge in [0.25, 0.3) is 0 Å². The Hall–Kier alpha value is -3.80. The van der Waals surface area contributed by atoms with Gasteiger partial charge in [-0.15, -0.1) is 0 Å². The third-order valence-electron chi connectivity index (χ3n) is 4.42. The molecular weight excluding hydrogens is 366 g/mol. The summed E-state index contributed by atoms with van der Waals surface area (Å²) in [5.74, 6) is 0. The minimum Gasteiger partial charge on any atom is -0.465 e. The fraction of sp³-hybridized carbons (Fsp3) is 0.130. The zero-order chi connectivity index (χ0) is 20.5. The number of rotatable bonds is 7. The molecule has 0 spiro atoms. The second-order valence-electron chi connectivity index (χ2n) is 6.54. The molecule has 0 atom stereocenters. The number of nitrogens with one attached hydrogen (secondary N) is 3. The van der Waals surface area contributed by atoms with Crippen LogP contribution in [0.5, 0.6) is 0 Å². The quantitative estimate of drug-likeness (QED) is 0.482. The van der Waals surface area contributed by atoms with Gasteiger partial charge in [-0.25, -0.2) is 9.59 Å². The fourth-order valence-corrected chi connectivity index (χ4v) is 3.07. The molecule has 0 radical (unpaired) electrons. The van der Waals surface area contributed by atoms with E-state index in [0.29, 0.717) is 18.7 Å². The number of carbonyl (C=O) groups is 2. The van der Waals surface area contributed by atoms with Crippen molar-refractivity contribution in [3.05, 3.63) is 102 Å². The molecule has 3 aromatic carbocycles. The van der Waals surface area contributed by atoms with Gasteiger partial charge in [-0.3, -0.25) is 0 Å². The van der Waals surface area contributed by atoms with E-state index in [2.05, 4.69) is 16.0 Å². The van der Waals surface area contributed by atoms with Crippen LogP contribution in [0.2, 0.25) is 0 Å². The molecule has 0 saturated heterocycles. The second-order valence-corrected chi connectivity index (χ2v) is 6.54. The number of carboxylic acid groups (broad SMARTS) is 1. The van der Waals surface area contributed by atoms with Gasteiger partial charge in [-0.05, 0) is 35.2 Å². The molecule has 148 valence electrons. The van der Waals surface area contributed by atoms with Crippen molar-refractivity contribution >= 4 is 17.8 Å². The van der Waals surface area contributed by atoms with Crippen molar-refractivity contribution < 1.29 is 14.7 Å². The average molecular weight is 389 g/mol. The molecule has 4 N–H and O–H groups in total. The van der Waals surface area contributed by atoms with E-state index < -0.39 is 6.09 Å². The number of hydrogen-bond donors (Lipinski definition) is 4. The van der Waals surface area contributed by atoms with E-state index in [9.17, 15) is 9.59 Å². The third-order valence-corrected chi connectivity index (χ3v) is 4.42. The highest BCUT2D eigenvalue weighted by atomic mass is 16.4. The molecule has 0 unspecified atom stereocenters. The molecule has 0 bridgehead atoms. The summed E-state index contributed by atoms with van der Waals surface area (Å²) >= 11 is 0. The lowest BCUT2D eigenvalue weighted by Gasteiger charge is -2.20. The first kappa shape index (κ1) is 19.9. The van der Waals surface area contributed by atoms with Crippen molar-refractivity contribution in [2.75, 3.05) is 11.9 Å². The molecule has 6 heteroatoms. The lowest BCUT2D eigenvalue weighted by molar-refractivity contribution is 0.194. The van der Waals surface area contributed by atoms with Crippen LogP contribution in [0.3, 0.4) is 0 Å². The molecule has 3 amide bonds. The summed E-state index contributed by atoms with van der Waals surface area (Å²) in [6.07, 6.45) is -0.508. The van der Waals surface area contributed by atoms with Gasteiger partial charge < -0.3 is 21.1 Å². The average Bonchev–Trinajstić information content (AvgIpc) is 2.73. The highest BCUT2D eigenvalue weighted by Gasteiger charge is 2.16. The SMILES string of the molecule is O=C(O)NCCc1cccc(NC(=O)NC(c2ccccc2)c2ccccc2)c1. The van der Waals surface area contributed by atoms with Crippen molar-refractivity contribution in [3.63, 3.8) is 0 Å². The summed E-state index contributed by atoms with van der Waals surface area (Å²) < 4.78 is 0. The molecule has 0 aliphatic carbocycles. The minimum absolute atomic E-state index is 0.277. The number of carbonyl (C=O) groups excluding carboxylic acids is 1. The molecule has 6 nitrogen and oxygen atoms in total. The van der Waals surface area contributed by atoms with E-state index in [0.717, 1.165) is 16.7 Å². The van der Waals surface area contributed by atoms with Crippen molar-refractivity contribution in [2.24, 2.45) is 0 Å². The van der Waals surface area contributed by atoms with Gasteiger partial charge in [0.1, 0.15) is 0 Å². The maximum Gasteiger partial charge on any atom is 0.404 e. The van der Waals surface area contributed by atoms with E-state index in [-0.39, 0.29) is 12.1 Å². The zero-order valence-corrected chi connectivity index (χ0v) is 15.8. The Morgan fingerprint density at radius 3 is 2.03 bits per heavy atom. The number of anilines is 1. The Balaban J connectivity index is 1.68. The second kappa shape index (κ2) is 9.94. The van der Waals surface area contributed by atoms with Crippen molar-refractivity contribution in [1.29, 1.82) is 0 Å². The maximum absolute atomic E-state index is 12.7. The Morgan fingerprint density at radius 1 is 0.828 bits per heavy atom. The summed E-state index contributed by atoms with van der Waals surface area (Å²) in [5, 5.41) is 16.9. The molecule has 0 aliphatic rings. The van der Waals surface area contributed by atoms with Crippen LogP contribution in [0.1, 0.15) is 22.7 Å². The summed E-state index contributed by atoms with van der Waals surface area (Å²) in [4.78, 5) is 23.2. The lowest BCUT2D eigenvalue weighted by Crippen LogP contribution is -2.33. The van der Waals surface area contributed by atoms with Gasteiger partial charge in [-0.2, -0.15) is 0 Å². The number of benzene rings is 3. The van der Waals surface area contributed by atoms with Crippen molar-refractivity contribution in [3.8, 4) is 0 Å². The first-order valence-corrected chi connectivity index (χ1v) is 9.35. The smallest absolute Gasteiger partial charge is 0.404 e. The molecule has 29 heavy (non-hydrogen) atoms. The predicted molar refractivity (Wildman–Crippen MR) is 113 cm³/mol. The van der Waals surface area contributed by atoms with Crippen molar-refractivity contribution in [1.82, 2.24) is 10.6 Å². The number of hydrogen-bond acceptors (Lipinski definition) is 2. The molecule has 0 aromatic heterocycles. The van der Waals surface area contributed by atoms with E-state index in [1.807, 2.05) is 78.9 Å². The molecule has 3 rings (SSSR count). The van der Waals surface area contributed by atoms with E-state index >= 15 is 0 Å². The molecule has 0 heterocycles. The maximum atomic E-state index is 12.7. The standard InChI is InChI=1S/C23H23N3O3/c27-22(25-20-13-7-8-17(16-20)14-15-24-23(28)29)26-21(18-9-3-1-4-10-18)19-11-5-2-6-12-19/h1-13,16,21,24H,14-15H2,(H,28,29)(H2,25,26,27). The normalized spacial score (nSPS) is 10.4. The van der Waals surface area contributed by atoms with Gasteiger partial charge in [0.05, 0.1) is 6.04 Å². The highest BCUT2D eigenvalue weighted by Crippen LogP contribution is 2.22. The van der Waals surface area contributed by atoms with Crippen LogP contribution >= 0.6 is 0 Å². The highest BCUT2D eigenvalue weighted by molar-refractivity contribution is 5.89. The van der Waals surface area contributed by atoms with Gasteiger partial charge in [-0.1, -0.05) is 72.8 Å². The molecular formula is C23H23N3O3. The van der Waals surface area contributed by atoms with Gasteiger partial charge in [0.15, 0.2) is 0 Å². The van der Waals surface area contributed by atoms with Crippen LogP contribution in [0.4, 0.5) is 15.3 Å². The van der Waals surface area contributed by atoms with Crippen LogP contribution in [-0.2, 0) is 6.42 Å². The van der Waals surface area contributed by atoms with E-state index in [4.69, 9.17) is 5.11 Å². The lowest BCUT2D eigenvalue weighted by atomic mass is 9.99. The van der Waals surface area contributed by atoms with E-state index in [1.165, 1.54) is 0 Å². The first-order valence-electron chi connectivity index (χ1n) is 9.35. The first-order chi connectivity index (χ1) is 14.1. The van der Waals surface area contributed by atoms with Crippen LogP contribution in [0.15, 0.2) is 84.9 Å². The number of urea groups is 1. The zero-order valence-electron chi connectivity index (χ0n) is 15.8. The van der Waals surface area contributed by atoms with Gasteiger partial charge in [0.2, 0.25) is 0 Å². The van der Waals surface area contributed by atoms with E-state index in [1.54, 1.807) is 6.07 Å². The topological polar surface area (TPSA) is 90.5 Å². The largest absolute Gasteiger partial charge is 0.465 e. The Labute approximate surface area is 169 Å². The van der Waals surface area contributed by atoms with Crippen LogP contribution in [0, 0.1) is 0 Å². The Kier molecular flexibility index (Phi) is 6.84. The molecule has 0 aliphatic heterocycles. The number of amides is 3. The summed E-state index contributed by atoms with van der Waals surface area (Å²) in [7, 11) is 0. The summed E-state index contributed by atoms with van der Waals surface area (Å²) in [6.45, 7) is 0.315. The molecule has 0 fully saturated rings. The summed E-state index contributed by atoms with van der Waals surface area (Å²) in [6, 6.07) is 26.3. The molecule has 0 saturated carbocycles. The Morgan fingerprint density at radius 2 is 1.45 bits per heavy atom. The van der Waals surface area contributed by atoms with Crippen molar-refractivity contribution in [2.45, 2.75) is 12.5 Å². The summed E-state index contributed by atoms with van der Waals surface area (Å²) in [5.41, 5.74) is 3.55. The minimum atomic E-state index is -1.05. The van der Waals surface area contributed by atoms with Gasteiger partial charge in [0, 0.05) is 12.2 Å². The van der Waals surface area contributed by atoms with Crippen LogP contribution in [-0.4, -0.2) is 23.8 Å².